The van der Waals surface area contributed by atoms with Crippen LogP contribution in [0.25, 0.3) is 0 Å². The van der Waals surface area contributed by atoms with Crippen molar-refractivity contribution in [3.05, 3.63) is 40.4 Å². The fraction of sp³-hybridized carbons (Fsp3) is 0.400. The predicted octanol–water partition coefficient (Wildman–Crippen LogP) is 2.18. The van der Waals surface area contributed by atoms with E-state index in [0.29, 0.717) is 25.1 Å². The van der Waals surface area contributed by atoms with Crippen LogP contribution in [0.1, 0.15) is 12.8 Å². The zero-order chi connectivity index (χ0) is 15.2. The molecule has 0 radical (unpaired) electrons. The molecule has 0 bridgehead atoms. The number of carbonyl (C=O) groups is 1. The van der Waals surface area contributed by atoms with E-state index in [9.17, 15) is 14.9 Å². The molecule has 6 nitrogen and oxygen atoms in total. The van der Waals surface area contributed by atoms with Crippen molar-refractivity contribution < 1.29 is 14.5 Å². The lowest BCUT2D eigenvalue weighted by Crippen LogP contribution is -2.50. The van der Waals surface area contributed by atoms with Crippen molar-refractivity contribution in [2.24, 2.45) is 5.92 Å². The molecule has 1 aliphatic rings. The molecule has 21 heavy (non-hydrogen) atoms. The molecule has 0 spiro atoms. The number of amides is 1. The van der Waals surface area contributed by atoms with E-state index in [-0.39, 0.29) is 17.4 Å². The van der Waals surface area contributed by atoms with Crippen LogP contribution in [0.3, 0.4) is 0 Å². The highest BCUT2D eigenvalue weighted by Gasteiger charge is 2.39. The van der Waals surface area contributed by atoms with Gasteiger partial charge in [-0.2, -0.15) is 0 Å². The molecule has 0 N–H and O–H groups in total. The fourth-order valence-corrected chi connectivity index (χ4v) is 2.43. The molecule has 1 aromatic carbocycles. The highest BCUT2D eigenvalue weighted by atomic mass is 16.6. The molecule has 0 aromatic heterocycles. The topological polar surface area (TPSA) is 72.7 Å². The van der Waals surface area contributed by atoms with Crippen molar-refractivity contribution in [3.8, 4) is 18.1 Å². The Morgan fingerprint density at radius 1 is 1.48 bits per heavy atom. The second kappa shape index (κ2) is 6.75. The minimum absolute atomic E-state index is 0.0328. The second-order valence-electron chi connectivity index (χ2n) is 4.94. The maximum absolute atomic E-state index is 12.0. The molecule has 1 aliphatic heterocycles. The third-order valence-corrected chi connectivity index (χ3v) is 3.58. The second-order valence-corrected chi connectivity index (χ2v) is 4.94. The first-order chi connectivity index (χ1) is 10.1. The Kier molecular flexibility index (Phi) is 4.77. The van der Waals surface area contributed by atoms with Crippen molar-refractivity contribution in [1.82, 2.24) is 4.90 Å². The lowest BCUT2D eigenvalue weighted by atomic mass is 9.89. The van der Waals surface area contributed by atoms with Gasteiger partial charge in [-0.15, -0.1) is 12.3 Å². The molecule has 1 saturated heterocycles. The number of carbonyl (C=O) groups excluding carboxylic acids is 1. The summed E-state index contributed by atoms with van der Waals surface area (Å²) in [6.07, 6.45) is 5.55. The van der Waals surface area contributed by atoms with Crippen LogP contribution in [-0.4, -0.2) is 35.0 Å². The molecular formula is C15H16N2O4. The third kappa shape index (κ3) is 3.72. The van der Waals surface area contributed by atoms with Gasteiger partial charge in [0.2, 0.25) is 6.04 Å². The molecule has 1 fully saturated rings. The Balaban J connectivity index is 2.00. The summed E-state index contributed by atoms with van der Waals surface area (Å²) in [5, 5.41) is 11.1. The fourth-order valence-electron chi connectivity index (χ4n) is 2.43. The van der Waals surface area contributed by atoms with E-state index in [4.69, 9.17) is 11.2 Å². The predicted molar refractivity (Wildman–Crippen MR) is 76.4 cm³/mol. The maximum atomic E-state index is 12.0. The molecule has 110 valence electrons. The summed E-state index contributed by atoms with van der Waals surface area (Å²) in [6.45, 7) is 0.452. The summed E-state index contributed by atoms with van der Waals surface area (Å²) in [5.74, 6) is 2.70. The van der Waals surface area contributed by atoms with Crippen LogP contribution in [0.5, 0.6) is 5.75 Å². The number of para-hydroxylation sites is 1. The summed E-state index contributed by atoms with van der Waals surface area (Å²) < 4.78 is 5.20. The Morgan fingerprint density at radius 3 is 2.81 bits per heavy atom. The zero-order valence-electron chi connectivity index (χ0n) is 11.5. The number of piperidine rings is 1. The number of benzene rings is 1. The van der Waals surface area contributed by atoms with Crippen molar-refractivity contribution in [2.45, 2.75) is 18.9 Å². The zero-order valence-corrected chi connectivity index (χ0v) is 11.5. The highest BCUT2D eigenvalue weighted by molar-refractivity contribution is 5.70. The number of nitro groups is 1. The van der Waals surface area contributed by atoms with Gasteiger partial charge in [0, 0.05) is 23.8 Å². The van der Waals surface area contributed by atoms with Crippen LogP contribution in [0, 0.1) is 28.4 Å². The Morgan fingerprint density at radius 2 is 2.19 bits per heavy atom. The SMILES string of the molecule is C#CCC1CCN(C(=O)Oc2ccccc2)CC1[N+](=O)[O-]. The van der Waals surface area contributed by atoms with Crippen LogP contribution in [0.4, 0.5) is 4.79 Å². The van der Waals surface area contributed by atoms with E-state index in [2.05, 4.69) is 5.92 Å². The van der Waals surface area contributed by atoms with Gasteiger partial charge in [-0.05, 0) is 18.6 Å². The number of rotatable bonds is 3. The van der Waals surface area contributed by atoms with Gasteiger partial charge in [-0.1, -0.05) is 18.2 Å². The van der Waals surface area contributed by atoms with Crippen LogP contribution >= 0.6 is 0 Å². The van der Waals surface area contributed by atoms with Crippen molar-refractivity contribution in [2.75, 3.05) is 13.1 Å². The quantitative estimate of drug-likeness (QED) is 0.485. The minimum Gasteiger partial charge on any atom is -0.410 e. The highest BCUT2D eigenvalue weighted by Crippen LogP contribution is 2.23. The standard InChI is InChI=1S/C15H16N2O4/c1-2-6-12-9-10-16(11-14(12)17(19)20)15(18)21-13-7-4-3-5-8-13/h1,3-5,7-8,12,14H,6,9-11H2. The first-order valence-corrected chi connectivity index (χ1v) is 6.70. The monoisotopic (exact) mass is 288 g/mol. The van der Waals surface area contributed by atoms with Gasteiger partial charge in [-0.25, -0.2) is 4.79 Å². The van der Waals surface area contributed by atoms with E-state index in [1.807, 2.05) is 6.07 Å². The summed E-state index contributed by atoms with van der Waals surface area (Å²) in [6, 6.07) is 7.80. The summed E-state index contributed by atoms with van der Waals surface area (Å²) >= 11 is 0. The number of hydrogen-bond acceptors (Lipinski definition) is 4. The average Bonchev–Trinajstić information content (AvgIpc) is 2.48. The maximum Gasteiger partial charge on any atom is 0.415 e. The van der Waals surface area contributed by atoms with Gasteiger partial charge < -0.3 is 9.64 Å². The van der Waals surface area contributed by atoms with Gasteiger partial charge in [0.15, 0.2) is 0 Å². The molecule has 0 saturated carbocycles. The Hall–Kier alpha value is -2.55. The summed E-state index contributed by atoms with van der Waals surface area (Å²) in [4.78, 5) is 24.2. The van der Waals surface area contributed by atoms with Crippen LogP contribution in [0.15, 0.2) is 30.3 Å². The number of ether oxygens (including phenoxy) is 1. The molecule has 2 rings (SSSR count). The van der Waals surface area contributed by atoms with Gasteiger partial charge >= 0.3 is 6.09 Å². The molecule has 1 amide bonds. The van der Waals surface area contributed by atoms with Crippen molar-refractivity contribution >= 4 is 6.09 Å². The van der Waals surface area contributed by atoms with Crippen molar-refractivity contribution in [3.63, 3.8) is 0 Å². The molecule has 0 aliphatic carbocycles. The van der Waals surface area contributed by atoms with Crippen LogP contribution in [-0.2, 0) is 0 Å². The lowest BCUT2D eigenvalue weighted by molar-refractivity contribution is -0.534. The Bertz CT molecular complexity index is 553. The van der Waals surface area contributed by atoms with E-state index < -0.39 is 12.1 Å². The molecule has 2 unspecified atom stereocenters. The number of nitrogens with zero attached hydrogens (tertiary/aromatic N) is 2. The van der Waals surface area contributed by atoms with Gasteiger partial charge in [-0.3, -0.25) is 10.1 Å². The van der Waals surface area contributed by atoms with Gasteiger partial charge in [0.1, 0.15) is 5.75 Å². The van der Waals surface area contributed by atoms with Crippen molar-refractivity contribution in [1.29, 1.82) is 0 Å². The number of terminal acetylenes is 1. The first kappa shape index (κ1) is 14.9. The lowest BCUT2D eigenvalue weighted by Gasteiger charge is -2.32. The molecular weight excluding hydrogens is 272 g/mol. The normalized spacial score (nSPS) is 21.4. The van der Waals surface area contributed by atoms with E-state index in [0.717, 1.165) is 0 Å². The van der Waals surface area contributed by atoms with Gasteiger partial charge in [0.25, 0.3) is 0 Å². The molecule has 1 heterocycles. The average molecular weight is 288 g/mol. The number of likely N-dealkylation sites (tertiary alicyclic amines) is 1. The largest absolute Gasteiger partial charge is 0.415 e. The Labute approximate surface area is 122 Å². The van der Waals surface area contributed by atoms with Gasteiger partial charge in [0.05, 0.1) is 6.54 Å². The third-order valence-electron chi connectivity index (χ3n) is 3.58. The first-order valence-electron chi connectivity index (χ1n) is 6.70. The summed E-state index contributed by atoms with van der Waals surface area (Å²) in [7, 11) is 0. The molecule has 6 heteroatoms. The van der Waals surface area contributed by atoms with Crippen LogP contribution < -0.4 is 4.74 Å². The van der Waals surface area contributed by atoms with Crippen LogP contribution in [0.2, 0.25) is 0 Å². The molecule has 1 aromatic rings. The smallest absolute Gasteiger partial charge is 0.410 e. The minimum atomic E-state index is -0.835. The number of hydrogen-bond donors (Lipinski definition) is 0. The molecule has 2 atom stereocenters. The summed E-state index contributed by atoms with van der Waals surface area (Å²) in [5.41, 5.74) is 0. The van der Waals surface area contributed by atoms with E-state index in [1.165, 1.54) is 4.90 Å². The van der Waals surface area contributed by atoms with E-state index in [1.54, 1.807) is 24.3 Å². The van der Waals surface area contributed by atoms with E-state index >= 15 is 0 Å².